The number of nitrogens with one attached hydrogen (secondary N) is 1. The van der Waals surface area contributed by atoms with Crippen molar-refractivity contribution in [1.82, 2.24) is 0 Å². The van der Waals surface area contributed by atoms with Crippen molar-refractivity contribution < 1.29 is 34.0 Å². The van der Waals surface area contributed by atoms with Gasteiger partial charge in [-0.1, -0.05) is 30.4 Å². The molecule has 0 aromatic heterocycles. The number of para-hydroxylation sites is 1. The van der Waals surface area contributed by atoms with Crippen LogP contribution >= 0.6 is 0 Å². The molecule has 0 saturated heterocycles. The number of methoxy groups -OCH3 is 4. The Balaban J connectivity index is 1.84. The summed E-state index contributed by atoms with van der Waals surface area (Å²) in [6, 6.07) is 13.2. The SMILES string of the molecule is COc1cc(/C=C/C(=O)Nc2c(O)cccc2C=Cc2cc(OC)c(OC)c(OC)c2)ccc1O. The van der Waals surface area contributed by atoms with Gasteiger partial charge >= 0.3 is 0 Å². The Labute approximate surface area is 203 Å². The fraction of sp³-hybridized carbons (Fsp3) is 0.148. The summed E-state index contributed by atoms with van der Waals surface area (Å²) in [5.74, 6) is 1.28. The predicted octanol–water partition coefficient (Wildman–Crippen LogP) is 4.95. The summed E-state index contributed by atoms with van der Waals surface area (Å²) in [5, 5.41) is 22.8. The first-order chi connectivity index (χ1) is 16.9. The van der Waals surface area contributed by atoms with Crippen molar-refractivity contribution in [3.05, 3.63) is 71.3 Å². The van der Waals surface area contributed by atoms with Crippen LogP contribution in [0.4, 0.5) is 5.69 Å². The molecule has 8 heteroatoms. The first kappa shape index (κ1) is 25.0. The minimum absolute atomic E-state index is 0.00633. The molecule has 0 saturated carbocycles. The Bertz CT molecular complexity index is 1240. The maximum Gasteiger partial charge on any atom is 0.248 e. The molecule has 3 aromatic rings. The largest absolute Gasteiger partial charge is 0.506 e. The fourth-order valence-corrected chi connectivity index (χ4v) is 3.35. The standard InChI is InChI=1S/C27H27NO7/c1-32-22-14-17(9-12-20(22)29)10-13-25(31)28-26-19(6-5-7-21(26)30)11-8-18-15-23(33-2)27(35-4)24(16-18)34-3/h5-16,29-30H,1-4H3,(H,28,31)/b11-8?,13-10+. The number of benzene rings is 3. The van der Waals surface area contributed by atoms with Gasteiger partial charge in [-0.15, -0.1) is 0 Å². The van der Waals surface area contributed by atoms with Crippen LogP contribution in [0.1, 0.15) is 16.7 Å². The molecule has 3 N–H and O–H groups in total. The first-order valence-corrected chi connectivity index (χ1v) is 10.6. The Kier molecular flexibility index (Phi) is 8.24. The number of amides is 1. The first-order valence-electron chi connectivity index (χ1n) is 10.6. The number of hydrogen-bond donors (Lipinski definition) is 3. The maximum absolute atomic E-state index is 12.6. The third-order valence-electron chi connectivity index (χ3n) is 5.10. The fourth-order valence-electron chi connectivity index (χ4n) is 3.35. The number of hydrogen-bond acceptors (Lipinski definition) is 7. The van der Waals surface area contributed by atoms with Gasteiger partial charge in [0.1, 0.15) is 5.75 Å². The highest BCUT2D eigenvalue weighted by Gasteiger charge is 2.13. The number of carbonyl (C=O) groups is 1. The molecule has 0 unspecified atom stereocenters. The summed E-state index contributed by atoms with van der Waals surface area (Å²) in [6.07, 6.45) is 6.45. The molecule has 0 atom stereocenters. The maximum atomic E-state index is 12.6. The van der Waals surface area contributed by atoms with Crippen LogP contribution in [0.5, 0.6) is 34.5 Å². The third kappa shape index (κ3) is 6.05. The molecular weight excluding hydrogens is 450 g/mol. The third-order valence-corrected chi connectivity index (χ3v) is 5.10. The molecule has 0 spiro atoms. The van der Waals surface area contributed by atoms with Crippen molar-refractivity contribution >= 4 is 29.8 Å². The van der Waals surface area contributed by atoms with E-state index in [9.17, 15) is 15.0 Å². The number of anilines is 1. The second-order valence-corrected chi connectivity index (χ2v) is 7.29. The highest BCUT2D eigenvalue weighted by Crippen LogP contribution is 2.39. The van der Waals surface area contributed by atoms with Crippen LogP contribution < -0.4 is 24.3 Å². The summed E-state index contributed by atoms with van der Waals surface area (Å²) >= 11 is 0. The highest BCUT2D eigenvalue weighted by atomic mass is 16.5. The van der Waals surface area contributed by atoms with Gasteiger partial charge in [-0.3, -0.25) is 4.79 Å². The molecule has 35 heavy (non-hydrogen) atoms. The van der Waals surface area contributed by atoms with E-state index in [0.717, 1.165) is 5.56 Å². The van der Waals surface area contributed by atoms with E-state index in [1.54, 1.807) is 54.6 Å². The summed E-state index contributed by atoms with van der Waals surface area (Å²) < 4.78 is 21.2. The minimum Gasteiger partial charge on any atom is -0.506 e. The lowest BCUT2D eigenvalue weighted by atomic mass is 10.1. The van der Waals surface area contributed by atoms with Crippen LogP contribution in [0.3, 0.4) is 0 Å². The zero-order chi connectivity index (χ0) is 25.4. The minimum atomic E-state index is -0.444. The van der Waals surface area contributed by atoms with Crippen molar-refractivity contribution in [1.29, 1.82) is 0 Å². The molecule has 0 bridgehead atoms. The van der Waals surface area contributed by atoms with Crippen LogP contribution in [-0.2, 0) is 4.79 Å². The Morgan fingerprint density at radius 2 is 1.40 bits per heavy atom. The van der Waals surface area contributed by atoms with E-state index >= 15 is 0 Å². The number of rotatable bonds is 9. The van der Waals surface area contributed by atoms with Gasteiger partial charge in [0.2, 0.25) is 11.7 Å². The molecule has 0 aliphatic heterocycles. The van der Waals surface area contributed by atoms with Crippen molar-refractivity contribution in [3.63, 3.8) is 0 Å². The number of ether oxygens (including phenoxy) is 4. The summed E-state index contributed by atoms with van der Waals surface area (Å²) in [6.45, 7) is 0. The van der Waals surface area contributed by atoms with Crippen molar-refractivity contribution in [3.8, 4) is 34.5 Å². The normalized spacial score (nSPS) is 11.0. The van der Waals surface area contributed by atoms with Crippen LogP contribution in [0, 0.1) is 0 Å². The van der Waals surface area contributed by atoms with Crippen LogP contribution in [-0.4, -0.2) is 44.6 Å². The lowest BCUT2D eigenvalue weighted by Gasteiger charge is -2.13. The van der Waals surface area contributed by atoms with Gasteiger partial charge in [0.05, 0.1) is 34.1 Å². The van der Waals surface area contributed by atoms with Crippen molar-refractivity contribution in [2.75, 3.05) is 33.8 Å². The quantitative estimate of drug-likeness (QED) is 0.227. The lowest BCUT2D eigenvalue weighted by molar-refractivity contribution is -0.111. The second kappa shape index (κ2) is 11.5. The van der Waals surface area contributed by atoms with Crippen LogP contribution in [0.15, 0.2) is 54.6 Å². The van der Waals surface area contributed by atoms with Crippen molar-refractivity contribution in [2.24, 2.45) is 0 Å². The highest BCUT2D eigenvalue weighted by molar-refractivity contribution is 6.04. The van der Waals surface area contributed by atoms with Gasteiger partial charge in [-0.25, -0.2) is 0 Å². The smallest absolute Gasteiger partial charge is 0.248 e. The average molecular weight is 478 g/mol. The summed E-state index contributed by atoms with van der Waals surface area (Å²) in [7, 11) is 6.05. The van der Waals surface area contributed by atoms with Gasteiger partial charge in [-0.2, -0.15) is 0 Å². The average Bonchev–Trinajstić information content (AvgIpc) is 2.87. The molecular formula is C27H27NO7. The Morgan fingerprint density at radius 3 is 2.03 bits per heavy atom. The van der Waals surface area contributed by atoms with Crippen LogP contribution in [0.25, 0.3) is 18.2 Å². The topological polar surface area (TPSA) is 106 Å². The lowest BCUT2D eigenvalue weighted by Crippen LogP contribution is -2.09. The van der Waals surface area contributed by atoms with Gasteiger partial charge in [0.25, 0.3) is 0 Å². The molecule has 0 fully saturated rings. The number of phenolic OH excluding ortho intramolecular Hbond substituents is 2. The van der Waals surface area contributed by atoms with E-state index in [0.29, 0.717) is 34.1 Å². The molecule has 0 aliphatic rings. The van der Waals surface area contributed by atoms with Crippen molar-refractivity contribution in [2.45, 2.75) is 0 Å². The van der Waals surface area contributed by atoms with Gasteiger partial charge < -0.3 is 34.5 Å². The zero-order valence-electron chi connectivity index (χ0n) is 19.9. The number of aromatic hydroxyl groups is 2. The molecule has 0 radical (unpaired) electrons. The molecule has 182 valence electrons. The van der Waals surface area contributed by atoms with Crippen LogP contribution in [0.2, 0.25) is 0 Å². The van der Waals surface area contributed by atoms with E-state index in [-0.39, 0.29) is 17.2 Å². The van der Waals surface area contributed by atoms with E-state index in [4.69, 9.17) is 18.9 Å². The molecule has 3 rings (SSSR count). The number of carbonyl (C=O) groups excluding carboxylic acids is 1. The number of phenols is 2. The van der Waals surface area contributed by atoms with E-state index in [1.165, 1.54) is 46.6 Å². The zero-order valence-corrected chi connectivity index (χ0v) is 19.9. The second-order valence-electron chi connectivity index (χ2n) is 7.29. The predicted molar refractivity (Wildman–Crippen MR) is 135 cm³/mol. The molecule has 0 aliphatic carbocycles. The Hall–Kier alpha value is -4.59. The molecule has 8 nitrogen and oxygen atoms in total. The van der Waals surface area contributed by atoms with Gasteiger partial charge in [0.15, 0.2) is 23.0 Å². The van der Waals surface area contributed by atoms with Gasteiger partial charge in [0, 0.05) is 11.6 Å². The van der Waals surface area contributed by atoms with Gasteiger partial charge in [-0.05, 0) is 47.5 Å². The molecule has 3 aromatic carbocycles. The van der Waals surface area contributed by atoms with E-state index in [2.05, 4.69) is 5.32 Å². The summed E-state index contributed by atoms with van der Waals surface area (Å²) in [5.41, 5.74) is 2.27. The monoisotopic (exact) mass is 477 g/mol. The molecule has 0 heterocycles. The summed E-state index contributed by atoms with van der Waals surface area (Å²) in [4.78, 5) is 12.6. The van der Waals surface area contributed by atoms with E-state index in [1.807, 2.05) is 0 Å². The van der Waals surface area contributed by atoms with E-state index < -0.39 is 5.91 Å². The molecule has 1 amide bonds. The Morgan fingerprint density at radius 1 is 0.743 bits per heavy atom.